The number of nitrogens with one attached hydrogen (secondary N) is 1. The second kappa shape index (κ2) is 10.4. The van der Waals surface area contributed by atoms with Crippen molar-refractivity contribution in [2.24, 2.45) is 14.1 Å². The highest BCUT2D eigenvalue weighted by Crippen LogP contribution is 2.07. The number of hydrogen-bond acceptors (Lipinski definition) is 3. The Hall–Kier alpha value is -2.64. The minimum atomic E-state index is -0.356. The van der Waals surface area contributed by atoms with Crippen LogP contribution in [0, 0.1) is 0 Å². The smallest absolute Gasteiger partial charge is 0.332 e. The molecule has 1 aromatic carbocycles. The summed E-state index contributed by atoms with van der Waals surface area (Å²) in [5.74, 6) is 0. The largest absolute Gasteiger partial charge is 1.00 e. The molecule has 2 atom stereocenters. The van der Waals surface area contributed by atoms with E-state index >= 15 is 0 Å². The second-order valence-electron chi connectivity index (χ2n) is 7.60. The van der Waals surface area contributed by atoms with Crippen LogP contribution in [0.4, 0.5) is 0 Å². The van der Waals surface area contributed by atoms with Gasteiger partial charge in [-0.2, -0.15) is 0 Å². The van der Waals surface area contributed by atoms with Crippen molar-refractivity contribution in [2.45, 2.75) is 39.4 Å². The monoisotopic (exact) mass is 431 g/mol. The zero-order valence-electron chi connectivity index (χ0n) is 18.0. The van der Waals surface area contributed by atoms with Crippen LogP contribution in [-0.4, -0.2) is 31.3 Å². The van der Waals surface area contributed by atoms with E-state index in [0.717, 1.165) is 24.1 Å². The fourth-order valence-corrected chi connectivity index (χ4v) is 3.68. The summed E-state index contributed by atoms with van der Waals surface area (Å²) in [5, 5.41) is 0. The van der Waals surface area contributed by atoms with Gasteiger partial charge in [-0.25, -0.2) is 9.78 Å². The molecule has 2 aromatic heterocycles. The maximum absolute atomic E-state index is 12.6. The van der Waals surface area contributed by atoms with E-state index in [0.29, 0.717) is 23.8 Å². The molecule has 8 heteroatoms. The number of halogens is 1. The van der Waals surface area contributed by atoms with E-state index < -0.39 is 0 Å². The second-order valence-corrected chi connectivity index (χ2v) is 7.60. The quantitative estimate of drug-likeness (QED) is 0.415. The summed E-state index contributed by atoms with van der Waals surface area (Å²) in [6, 6.07) is 10.9. The van der Waals surface area contributed by atoms with Gasteiger partial charge in [0.2, 0.25) is 0 Å². The first-order chi connectivity index (χ1) is 13.9. The maximum atomic E-state index is 12.6. The van der Waals surface area contributed by atoms with Crippen molar-refractivity contribution in [3.8, 4) is 0 Å². The molecule has 0 saturated carbocycles. The van der Waals surface area contributed by atoms with Gasteiger partial charge in [-0.3, -0.25) is 13.9 Å². The highest BCUT2D eigenvalue weighted by Gasteiger charge is 2.19. The number of aromatic nitrogens is 4. The van der Waals surface area contributed by atoms with Crippen LogP contribution in [0.25, 0.3) is 11.2 Å². The molecular formula is C22H30ClN5O2. The number of allylic oxidation sites excluding steroid dienone is 1. The van der Waals surface area contributed by atoms with Crippen molar-refractivity contribution < 1.29 is 17.3 Å². The van der Waals surface area contributed by atoms with Gasteiger partial charge in [0, 0.05) is 32.6 Å². The fourth-order valence-electron chi connectivity index (χ4n) is 3.68. The molecule has 0 saturated heterocycles. The SMILES string of the molecule is C/C=C/C[NH+](Cc1ccccc1)C(C)CCn1cnc2c1c(=O)n(C)c(=O)n2C.[Cl-]. The third kappa shape index (κ3) is 4.91. The van der Waals surface area contributed by atoms with Crippen LogP contribution in [0.1, 0.15) is 25.8 Å². The molecule has 0 aliphatic rings. The standard InChI is InChI=1S/C22H29N5O2.ClH/c1-5-6-13-26(15-18-10-8-7-9-11-18)17(2)12-14-27-16-23-20-19(27)21(28)25(4)22(29)24(20)3;/h5-11,16-17H,12-15H2,1-4H3;1H/b6-5+;. The van der Waals surface area contributed by atoms with E-state index in [-0.39, 0.29) is 23.7 Å². The molecule has 0 fully saturated rings. The third-order valence-electron chi connectivity index (χ3n) is 5.61. The van der Waals surface area contributed by atoms with Gasteiger partial charge in [0.15, 0.2) is 11.2 Å². The van der Waals surface area contributed by atoms with Gasteiger partial charge in [0.1, 0.15) is 6.54 Å². The predicted molar refractivity (Wildman–Crippen MR) is 115 cm³/mol. The molecule has 0 amide bonds. The van der Waals surface area contributed by atoms with Gasteiger partial charge >= 0.3 is 5.69 Å². The van der Waals surface area contributed by atoms with Crippen molar-refractivity contribution in [3.05, 3.63) is 75.2 Å². The van der Waals surface area contributed by atoms with Crippen LogP contribution >= 0.6 is 0 Å². The lowest BCUT2D eigenvalue weighted by Gasteiger charge is -2.25. The molecule has 30 heavy (non-hydrogen) atoms. The van der Waals surface area contributed by atoms with Gasteiger partial charge in [0.25, 0.3) is 5.56 Å². The molecule has 3 rings (SSSR count). The number of rotatable bonds is 8. The Labute approximate surface area is 182 Å². The maximum Gasteiger partial charge on any atom is 0.332 e. The molecule has 0 aliphatic carbocycles. The average Bonchev–Trinajstić information content (AvgIpc) is 3.16. The highest BCUT2D eigenvalue weighted by molar-refractivity contribution is 5.69. The summed E-state index contributed by atoms with van der Waals surface area (Å²) < 4.78 is 4.45. The Morgan fingerprint density at radius 2 is 1.83 bits per heavy atom. The first-order valence-electron chi connectivity index (χ1n) is 10.0. The molecule has 0 aliphatic heterocycles. The zero-order valence-corrected chi connectivity index (χ0v) is 18.8. The van der Waals surface area contributed by atoms with Crippen LogP contribution in [0.3, 0.4) is 0 Å². The Bertz CT molecular complexity index is 1110. The zero-order chi connectivity index (χ0) is 21.0. The lowest BCUT2D eigenvalue weighted by atomic mass is 10.1. The summed E-state index contributed by atoms with van der Waals surface area (Å²) in [6.45, 7) is 6.87. The van der Waals surface area contributed by atoms with Crippen molar-refractivity contribution >= 4 is 11.2 Å². The topological polar surface area (TPSA) is 66.3 Å². The Kier molecular flexibility index (Phi) is 8.20. The molecule has 3 aromatic rings. The summed E-state index contributed by atoms with van der Waals surface area (Å²) in [5.41, 5.74) is 1.59. The molecule has 0 bridgehead atoms. The molecule has 1 N–H and O–H groups in total. The highest BCUT2D eigenvalue weighted by atomic mass is 35.5. The van der Waals surface area contributed by atoms with E-state index in [1.165, 1.54) is 22.1 Å². The molecule has 0 spiro atoms. The normalized spacial score (nSPS) is 13.5. The molecular weight excluding hydrogens is 402 g/mol. The molecule has 162 valence electrons. The van der Waals surface area contributed by atoms with E-state index in [1.54, 1.807) is 13.4 Å². The van der Waals surface area contributed by atoms with Crippen molar-refractivity contribution in [2.75, 3.05) is 6.54 Å². The number of aryl methyl sites for hydroxylation is 2. The van der Waals surface area contributed by atoms with Gasteiger partial charge in [-0.05, 0) is 19.9 Å². The minimum absolute atomic E-state index is 0. The van der Waals surface area contributed by atoms with Crippen LogP contribution in [0.5, 0.6) is 0 Å². The summed E-state index contributed by atoms with van der Waals surface area (Å²) in [7, 11) is 3.15. The van der Waals surface area contributed by atoms with Gasteiger partial charge < -0.3 is 21.9 Å². The lowest BCUT2D eigenvalue weighted by Crippen LogP contribution is -3.14. The van der Waals surface area contributed by atoms with E-state index in [2.05, 4.69) is 48.3 Å². The summed E-state index contributed by atoms with van der Waals surface area (Å²) >= 11 is 0. The number of nitrogens with zero attached hydrogens (tertiary/aromatic N) is 4. The van der Waals surface area contributed by atoms with E-state index in [4.69, 9.17) is 0 Å². The fraction of sp³-hybridized carbons (Fsp3) is 0.409. The summed E-state index contributed by atoms with van der Waals surface area (Å²) in [6.07, 6.45) is 6.86. The first kappa shape index (κ1) is 23.6. The molecule has 2 heterocycles. The summed E-state index contributed by atoms with van der Waals surface area (Å²) in [4.78, 5) is 30.5. The third-order valence-corrected chi connectivity index (χ3v) is 5.61. The van der Waals surface area contributed by atoms with Crippen LogP contribution < -0.4 is 28.6 Å². The average molecular weight is 432 g/mol. The van der Waals surface area contributed by atoms with Crippen LogP contribution in [-0.2, 0) is 27.2 Å². The van der Waals surface area contributed by atoms with Crippen molar-refractivity contribution in [3.63, 3.8) is 0 Å². The number of quaternary nitrogens is 1. The Morgan fingerprint density at radius 1 is 1.13 bits per heavy atom. The van der Waals surface area contributed by atoms with Crippen LogP contribution in [0.15, 0.2) is 58.4 Å². The molecule has 0 radical (unpaired) electrons. The number of fused-ring (bicyclic) bond motifs is 1. The van der Waals surface area contributed by atoms with Crippen molar-refractivity contribution in [1.82, 2.24) is 18.7 Å². The lowest BCUT2D eigenvalue weighted by molar-refractivity contribution is -0.931. The van der Waals surface area contributed by atoms with Gasteiger partial charge in [-0.1, -0.05) is 36.4 Å². The van der Waals surface area contributed by atoms with Gasteiger partial charge in [-0.15, -0.1) is 0 Å². The number of benzene rings is 1. The molecule has 7 nitrogen and oxygen atoms in total. The Balaban J connectivity index is 0.00000320. The predicted octanol–water partition coefficient (Wildman–Crippen LogP) is -2.12. The molecule has 2 unspecified atom stereocenters. The Morgan fingerprint density at radius 3 is 2.50 bits per heavy atom. The first-order valence-corrected chi connectivity index (χ1v) is 10.0. The number of imidazole rings is 1. The van der Waals surface area contributed by atoms with E-state index in [1.807, 2.05) is 17.6 Å². The minimum Gasteiger partial charge on any atom is -1.00 e. The van der Waals surface area contributed by atoms with Crippen LogP contribution in [0.2, 0.25) is 0 Å². The van der Waals surface area contributed by atoms with Gasteiger partial charge in [0.05, 0.1) is 18.9 Å². The van der Waals surface area contributed by atoms with Crippen molar-refractivity contribution in [1.29, 1.82) is 0 Å². The van der Waals surface area contributed by atoms with E-state index in [9.17, 15) is 9.59 Å². The number of hydrogen-bond donors (Lipinski definition) is 1.